The maximum Gasteiger partial charge on any atom is 0.258 e. The van der Waals surface area contributed by atoms with Gasteiger partial charge in [0, 0.05) is 30.7 Å². The zero-order valence-electron chi connectivity index (χ0n) is 20.9. The van der Waals surface area contributed by atoms with Gasteiger partial charge < -0.3 is 19.9 Å². The molecule has 3 amide bonds. The first-order valence-corrected chi connectivity index (χ1v) is 13.2. The van der Waals surface area contributed by atoms with Crippen molar-refractivity contribution >= 4 is 23.4 Å². The van der Waals surface area contributed by atoms with Crippen LogP contribution >= 0.6 is 0 Å². The highest BCUT2D eigenvalue weighted by atomic mass is 16.5. The second-order valence-corrected chi connectivity index (χ2v) is 10.2. The van der Waals surface area contributed by atoms with Crippen LogP contribution in [0, 0.1) is 11.8 Å². The number of hydrogen-bond acceptors (Lipinski definition) is 4. The first-order chi connectivity index (χ1) is 17.6. The van der Waals surface area contributed by atoms with Gasteiger partial charge in [-0.1, -0.05) is 43.2 Å². The van der Waals surface area contributed by atoms with Gasteiger partial charge in [0.05, 0.1) is 12.7 Å². The van der Waals surface area contributed by atoms with Crippen LogP contribution in [0.1, 0.15) is 55.3 Å². The number of para-hydroxylation sites is 2. The van der Waals surface area contributed by atoms with Crippen molar-refractivity contribution in [2.45, 2.75) is 57.0 Å². The second-order valence-electron chi connectivity index (χ2n) is 10.2. The smallest absolute Gasteiger partial charge is 0.258 e. The van der Waals surface area contributed by atoms with Gasteiger partial charge in [-0.05, 0) is 62.3 Å². The Morgan fingerprint density at radius 3 is 2.33 bits per heavy atom. The van der Waals surface area contributed by atoms with Gasteiger partial charge in [-0.15, -0.1) is 0 Å². The minimum Gasteiger partial charge on any atom is -0.496 e. The predicted octanol–water partition coefficient (Wildman–Crippen LogP) is 4.35. The van der Waals surface area contributed by atoms with Crippen LogP contribution in [-0.2, 0) is 9.59 Å². The molecule has 0 bridgehead atoms. The van der Waals surface area contributed by atoms with Crippen molar-refractivity contribution in [1.82, 2.24) is 9.80 Å². The highest BCUT2D eigenvalue weighted by molar-refractivity contribution is 6.00. The number of methoxy groups -OCH3 is 1. The van der Waals surface area contributed by atoms with E-state index in [-0.39, 0.29) is 29.7 Å². The molecule has 2 saturated heterocycles. The van der Waals surface area contributed by atoms with Crippen LogP contribution in [0.3, 0.4) is 0 Å². The fraction of sp³-hybridized carbons (Fsp3) is 0.483. The van der Waals surface area contributed by atoms with E-state index in [9.17, 15) is 14.4 Å². The number of amides is 3. The number of ether oxygens (including phenoxy) is 1. The maximum absolute atomic E-state index is 13.8. The largest absolute Gasteiger partial charge is 0.496 e. The average molecular weight is 490 g/mol. The molecule has 36 heavy (non-hydrogen) atoms. The Kier molecular flexibility index (Phi) is 7.25. The molecule has 5 rings (SSSR count). The van der Waals surface area contributed by atoms with E-state index in [1.54, 1.807) is 19.2 Å². The summed E-state index contributed by atoms with van der Waals surface area (Å²) >= 11 is 0. The number of nitrogens with zero attached hydrogens (tertiary/aromatic N) is 2. The van der Waals surface area contributed by atoms with E-state index in [0.717, 1.165) is 37.8 Å². The summed E-state index contributed by atoms with van der Waals surface area (Å²) in [6.45, 7) is 1.07. The topological polar surface area (TPSA) is 79.0 Å². The summed E-state index contributed by atoms with van der Waals surface area (Å²) in [4.78, 5) is 44.1. The second kappa shape index (κ2) is 10.7. The van der Waals surface area contributed by atoms with Crippen molar-refractivity contribution in [1.29, 1.82) is 0 Å². The Bertz CT molecular complexity index is 1100. The molecular formula is C29H35N3O4. The number of rotatable bonds is 5. The van der Waals surface area contributed by atoms with Gasteiger partial charge in [-0.2, -0.15) is 0 Å². The molecule has 0 radical (unpaired) electrons. The Labute approximate surface area is 212 Å². The minimum absolute atomic E-state index is 0.00756. The number of hydrogen-bond donors (Lipinski definition) is 1. The monoisotopic (exact) mass is 489 g/mol. The zero-order valence-corrected chi connectivity index (χ0v) is 20.9. The number of anilines is 1. The van der Waals surface area contributed by atoms with Crippen molar-refractivity contribution in [3.63, 3.8) is 0 Å². The van der Waals surface area contributed by atoms with Gasteiger partial charge in [-0.25, -0.2) is 0 Å². The molecule has 2 heterocycles. The minimum atomic E-state index is -0.454. The molecule has 1 saturated carbocycles. The summed E-state index contributed by atoms with van der Waals surface area (Å²) in [6.07, 6.45) is 6.22. The molecule has 3 unspecified atom stereocenters. The van der Waals surface area contributed by atoms with Gasteiger partial charge in [0.1, 0.15) is 11.8 Å². The summed E-state index contributed by atoms with van der Waals surface area (Å²) in [7, 11) is 1.57. The molecule has 7 nitrogen and oxygen atoms in total. The molecule has 0 aromatic heterocycles. The third-order valence-corrected chi connectivity index (χ3v) is 8.16. The van der Waals surface area contributed by atoms with Crippen molar-refractivity contribution < 1.29 is 19.1 Å². The first kappa shape index (κ1) is 24.3. The highest BCUT2D eigenvalue weighted by Crippen LogP contribution is 2.42. The number of piperidine rings is 1. The molecule has 3 fully saturated rings. The number of carbonyl (C=O) groups excluding carboxylic acids is 3. The van der Waals surface area contributed by atoms with Crippen LogP contribution < -0.4 is 10.1 Å². The van der Waals surface area contributed by atoms with Crippen LogP contribution in [0.4, 0.5) is 5.69 Å². The predicted molar refractivity (Wildman–Crippen MR) is 138 cm³/mol. The van der Waals surface area contributed by atoms with E-state index in [0.29, 0.717) is 43.2 Å². The molecule has 0 spiro atoms. The molecule has 3 aliphatic rings. The van der Waals surface area contributed by atoms with Crippen molar-refractivity contribution in [2.24, 2.45) is 11.8 Å². The lowest BCUT2D eigenvalue weighted by atomic mass is 9.84. The van der Waals surface area contributed by atoms with Crippen LogP contribution in [0.15, 0.2) is 54.6 Å². The van der Waals surface area contributed by atoms with Crippen LogP contribution in [0.5, 0.6) is 5.75 Å². The lowest BCUT2D eigenvalue weighted by Gasteiger charge is -2.37. The van der Waals surface area contributed by atoms with Gasteiger partial charge in [-0.3, -0.25) is 14.4 Å². The molecule has 1 N–H and O–H groups in total. The van der Waals surface area contributed by atoms with E-state index in [4.69, 9.17) is 4.74 Å². The molecule has 7 heteroatoms. The van der Waals surface area contributed by atoms with Crippen molar-refractivity contribution in [2.75, 3.05) is 25.5 Å². The van der Waals surface area contributed by atoms with Gasteiger partial charge in [0.15, 0.2) is 0 Å². The van der Waals surface area contributed by atoms with Gasteiger partial charge in [0.25, 0.3) is 5.91 Å². The summed E-state index contributed by atoms with van der Waals surface area (Å²) < 4.78 is 5.47. The molecule has 2 aliphatic heterocycles. The first-order valence-electron chi connectivity index (χ1n) is 13.2. The third kappa shape index (κ3) is 4.84. The molecule has 1 aliphatic carbocycles. The van der Waals surface area contributed by atoms with Crippen LogP contribution in [0.25, 0.3) is 0 Å². The summed E-state index contributed by atoms with van der Waals surface area (Å²) in [5.41, 5.74) is 1.31. The Hall–Kier alpha value is -3.35. The lowest BCUT2D eigenvalue weighted by Crippen LogP contribution is -2.52. The Morgan fingerprint density at radius 1 is 0.889 bits per heavy atom. The van der Waals surface area contributed by atoms with Gasteiger partial charge >= 0.3 is 0 Å². The van der Waals surface area contributed by atoms with Crippen molar-refractivity contribution in [3.05, 3.63) is 60.2 Å². The Morgan fingerprint density at radius 2 is 1.58 bits per heavy atom. The number of likely N-dealkylation sites (tertiary alicyclic amines) is 2. The molecule has 2 aromatic rings. The number of fused-ring (bicyclic) bond motifs is 1. The third-order valence-electron chi connectivity index (χ3n) is 8.16. The number of carbonyl (C=O) groups is 3. The van der Waals surface area contributed by atoms with E-state index in [1.165, 1.54) is 0 Å². The standard InChI is InChI=1S/C29H35N3O4/c1-36-26-14-8-6-12-23(26)28(34)32-24-13-7-5-9-21(24)19-25(32)29(35)31-17-15-20(16-18-31)27(33)30-22-10-3-2-4-11-22/h2-4,6,8,10-12,14,20-21,24-25H,5,7,9,13,15-19H2,1H3,(H,30,33). The summed E-state index contributed by atoms with van der Waals surface area (Å²) in [6, 6.07) is 16.4. The zero-order chi connectivity index (χ0) is 25.1. The molecule has 190 valence electrons. The van der Waals surface area contributed by atoms with E-state index < -0.39 is 6.04 Å². The van der Waals surface area contributed by atoms with Crippen LogP contribution in [-0.4, -0.2) is 59.8 Å². The average Bonchev–Trinajstić information content (AvgIpc) is 3.32. The maximum atomic E-state index is 13.8. The van der Waals surface area contributed by atoms with Crippen LogP contribution in [0.2, 0.25) is 0 Å². The number of nitrogens with one attached hydrogen (secondary N) is 1. The van der Waals surface area contributed by atoms with E-state index >= 15 is 0 Å². The normalized spacial score (nSPS) is 24.2. The highest BCUT2D eigenvalue weighted by Gasteiger charge is 2.49. The fourth-order valence-electron chi connectivity index (χ4n) is 6.27. The van der Waals surface area contributed by atoms with E-state index in [1.807, 2.05) is 52.3 Å². The Balaban J connectivity index is 1.28. The molecular weight excluding hydrogens is 454 g/mol. The quantitative estimate of drug-likeness (QED) is 0.678. The molecule has 3 atom stereocenters. The summed E-state index contributed by atoms with van der Waals surface area (Å²) in [5, 5.41) is 2.99. The summed E-state index contributed by atoms with van der Waals surface area (Å²) in [5.74, 6) is 0.700. The van der Waals surface area contributed by atoms with Crippen molar-refractivity contribution in [3.8, 4) is 5.75 Å². The van der Waals surface area contributed by atoms with E-state index in [2.05, 4.69) is 5.32 Å². The number of benzene rings is 2. The van der Waals surface area contributed by atoms with Gasteiger partial charge in [0.2, 0.25) is 11.8 Å². The SMILES string of the molecule is COc1ccccc1C(=O)N1C(C(=O)N2CCC(C(=O)Nc3ccccc3)CC2)CC2CCCCC21. The fourth-order valence-corrected chi connectivity index (χ4v) is 6.27. The molecule has 2 aromatic carbocycles. The lowest BCUT2D eigenvalue weighted by molar-refractivity contribution is -0.138.